The summed E-state index contributed by atoms with van der Waals surface area (Å²) in [5.74, 6) is 0.629. The molecule has 2 aliphatic carbocycles. The Bertz CT molecular complexity index is 1130. The van der Waals surface area contributed by atoms with E-state index in [9.17, 15) is 14.0 Å². The van der Waals surface area contributed by atoms with Crippen LogP contribution in [0.4, 0.5) is 9.18 Å². The second-order valence-corrected chi connectivity index (χ2v) is 10.3. The molecule has 0 radical (unpaired) electrons. The van der Waals surface area contributed by atoms with Crippen molar-refractivity contribution in [2.45, 2.75) is 51.7 Å². The Hall–Kier alpha value is -3.22. The fraction of sp³-hybridized carbons (Fsp3) is 0.483. The topological polar surface area (TPSA) is 77.5 Å². The average molecular weight is 493 g/mol. The maximum atomic E-state index is 13.6. The molecule has 7 atom stereocenters. The summed E-state index contributed by atoms with van der Waals surface area (Å²) in [6, 6.07) is 10.4. The zero-order valence-corrected chi connectivity index (χ0v) is 20.7. The molecule has 1 aromatic heterocycles. The summed E-state index contributed by atoms with van der Waals surface area (Å²) in [5.41, 5.74) is 2.48. The van der Waals surface area contributed by atoms with Gasteiger partial charge in [0.1, 0.15) is 11.9 Å². The standard InChI is InChI=1S/C29H33FN2O4/c1-3-35-29(34)32-23-10-11-24-20(14-23)15-26-27(17(2)36-28(26)33)25(24)12-9-22-8-7-19(16-31-22)18-5-4-6-21(30)13-18/h4-9,12-13,16-17,20,23-27H,3,10-11,14-15H2,1-2H3,(H,32,34)/b12-9+/t17-,20-,23+,24-,25-,26+,27-/m0/s1. The Morgan fingerprint density at radius 2 is 2.08 bits per heavy atom. The van der Waals surface area contributed by atoms with Crippen molar-refractivity contribution in [3.63, 3.8) is 0 Å². The van der Waals surface area contributed by atoms with Crippen molar-refractivity contribution < 1.29 is 23.5 Å². The number of rotatable bonds is 5. The third-order valence-electron chi connectivity index (χ3n) is 8.18. The van der Waals surface area contributed by atoms with E-state index in [4.69, 9.17) is 9.47 Å². The lowest BCUT2D eigenvalue weighted by atomic mass is 9.57. The van der Waals surface area contributed by atoms with Gasteiger partial charge in [-0.2, -0.15) is 0 Å². The average Bonchev–Trinajstić information content (AvgIpc) is 3.15. The second-order valence-electron chi connectivity index (χ2n) is 10.3. The van der Waals surface area contributed by atoms with Crippen LogP contribution in [0, 0.1) is 35.4 Å². The van der Waals surface area contributed by atoms with E-state index in [0.29, 0.717) is 18.4 Å². The highest BCUT2D eigenvalue weighted by molar-refractivity contribution is 5.75. The molecular formula is C29H33FN2O4. The molecule has 6 nitrogen and oxygen atoms in total. The lowest BCUT2D eigenvalue weighted by molar-refractivity contribution is -0.144. The second kappa shape index (κ2) is 10.4. The van der Waals surface area contributed by atoms with E-state index in [1.165, 1.54) is 12.1 Å². The Balaban J connectivity index is 1.34. The highest BCUT2D eigenvalue weighted by Gasteiger charge is 2.54. The van der Waals surface area contributed by atoms with Crippen LogP contribution in [0.15, 0.2) is 48.7 Å². The number of carbonyl (C=O) groups is 2. The third-order valence-corrected chi connectivity index (χ3v) is 8.18. The van der Waals surface area contributed by atoms with E-state index < -0.39 is 0 Å². The molecule has 1 aliphatic heterocycles. The minimum absolute atomic E-state index is 0.0679. The third kappa shape index (κ3) is 5.01. The first kappa shape index (κ1) is 24.5. The van der Waals surface area contributed by atoms with Crippen molar-refractivity contribution in [3.8, 4) is 11.1 Å². The van der Waals surface area contributed by atoms with E-state index in [1.807, 2.05) is 31.2 Å². The van der Waals surface area contributed by atoms with Gasteiger partial charge < -0.3 is 14.8 Å². The van der Waals surface area contributed by atoms with Crippen molar-refractivity contribution in [1.29, 1.82) is 0 Å². The number of esters is 1. The Morgan fingerprint density at radius 1 is 1.22 bits per heavy atom. The number of alkyl carbamates (subject to hydrolysis) is 1. The van der Waals surface area contributed by atoms with Gasteiger partial charge in [-0.15, -0.1) is 0 Å². The van der Waals surface area contributed by atoms with Gasteiger partial charge in [0.2, 0.25) is 0 Å². The van der Waals surface area contributed by atoms with E-state index >= 15 is 0 Å². The fourth-order valence-electron chi connectivity index (χ4n) is 6.64. The van der Waals surface area contributed by atoms with Crippen molar-refractivity contribution in [2.24, 2.45) is 29.6 Å². The Morgan fingerprint density at radius 3 is 2.83 bits per heavy atom. The molecule has 1 aromatic carbocycles. The summed E-state index contributed by atoms with van der Waals surface area (Å²) in [5, 5.41) is 3.00. The number of fused-ring (bicyclic) bond motifs is 2. The highest BCUT2D eigenvalue weighted by Crippen LogP contribution is 2.53. The SMILES string of the molecule is CCOC(=O)N[C@@H]1CC[C@H]2[C@@H](C1)C[C@H]1C(=O)O[C@@H](C)[C@H]1[C@H]2/C=C/c1ccc(-c2cccc(F)c2)cn1. The monoisotopic (exact) mass is 492 g/mol. The number of halogens is 1. The van der Waals surface area contributed by atoms with Crippen LogP contribution >= 0.6 is 0 Å². The first-order valence-corrected chi connectivity index (χ1v) is 13.0. The number of pyridine rings is 1. The number of carbonyl (C=O) groups excluding carboxylic acids is 2. The van der Waals surface area contributed by atoms with Crippen molar-refractivity contribution in [1.82, 2.24) is 10.3 Å². The molecule has 2 aromatic rings. The van der Waals surface area contributed by atoms with Crippen LogP contribution in [-0.4, -0.2) is 35.8 Å². The van der Waals surface area contributed by atoms with Crippen molar-refractivity contribution in [3.05, 3.63) is 60.2 Å². The van der Waals surface area contributed by atoms with Gasteiger partial charge in [0.15, 0.2) is 0 Å². The van der Waals surface area contributed by atoms with Crippen LogP contribution < -0.4 is 5.32 Å². The van der Waals surface area contributed by atoms with Crippen molar-refractivity contribution >= 4 is 18.1 Å². The first-order valence-electron chi connectivity index (χ1n) is 13.0. The zero-order chi connectivity index (χ0) is 25.2. The number of hydrogen-bond acceptors (Lipinski definition) is 5. The molecule has 2 saturated carbocycles. The number of amides is 1. The van der Waals surface area contributed by atoms with E-state index in [-0.39, 0.29) is 47.8 Å². The minimum Gasteiger partial charge on any atom is -0.462 e. The Labute approximate surface area is 211 Å². The lowest BCUT2D eigenvalue weighted by Crippen LogP contribution is -2.48. The van der Waals surface area contributed by atoms with Gasteiger partial charge in [-0.1, -0.05) is 24.3 Å². The summed E-state index contributed by atoms with van der Waals surface area (Å²) >= 11 is 0. The smallest absolute Gasteiger partial charge is 0.407 e. The van der Waals surface area contributed by atoms with Crippen molar-refractivity contribution in [2.75, 3.05) is 6.61 Å². The maximum absolute atomic E-state index is 13.6. The van der Waals surface area contributed by atoms with Gasteiger partial charge in [-0.3, -0.25) is 9.78 Å². The minimum atomic E-state index is -0.368. The molecule has 1 saturated heterocycles. The zero-order valence-electron chi connectivity index (χ0n) is 20.7. The van der Waals surface area contributed by atoms with Crippen LogP contribution in [0.1, 0.15) is 45.2 Å². The molecule has 7 heteroatoms. The number of ether oxygens (including phenoxy) is 2. The largest absolute Gasteiger partial charge is 0.462 e. The number of nitrogens with zero attached hydrogens (tertiary/aromatic N) is 1. The quantitative estimate of drug-likeness (QED) is 0.548. The first-order chi connectivity index (χ1) is 17.4. The number of allylic oxidation sites excluding steroid dienone is 1. The number of hydrogen-bond donors (Lipinski definition) is 1. The lowest BCUT2D eigenvalue weighted by Gasteiger charge is -2.47. The normalized spacial score (nSPS) is 31.4. The number of nitrogens with one attached hydrogen (secondary N) is 1. The molecule has 36 heavy (non-hydrogen) atoms. The van der Waals surface area contributed by atoms with Gasteiger partial charge in [0.05, 0.1) is 18.2 Å². The summed E-state index contributed by atoms with van der Waals surface area (Å²) in [6.45, 7) is 4.15. The van der Waals surface area contributed by atoms with Crippen LogP contribution in [-0.2, 0) is 14.3 Å². The van der Waals surface area contributed by atoms with Crippen LogP contribution in [0.2, 0.25) is 0 Å². The molecule has 190 valence electrons. The molecule has 2 heterocycles. The highest BCUT2D eigenvalue weighted by atomic mass is 19.1. The molecule has 3 aliphatic rings. The molecule has 1 N–H and O–H groups in total. The van der Waals surface area contributed by atoms with Gasteiger partial charge in [-0.25, -0.2) is 9.18 Å². The van der Waals surface area contributed by atoms with Gasteiger partial charge in [-0.05, 0) is 87.1 Å². The molecule has 3 fully saturated rings. The van der Waals surface area contributed by atoms with Gasteiger partial charge in [0.25, 0.3) is 0 Å². The van der Waals surface area contributed by atoms with E-state index in [0.717, 1.165) is 42.5 Å². The predicted octanol–water partition coefficient (Wildman–Crippen LogP) is 5.63. The molecule has 5 rings (SSSR count). The van der Waals surface area contributed by atoms with E-state index in [2.05, 4.69) is 16.4 Å². The molecule has 0 unspecified atom stereocenters. The maximum Gasteiger partial charge on any atom is 0.407 e. The fourth-order valence-corrected chi connectivity index (χ4v) is 6.64. The molecular weight excluding hydrogens is 459 g/mol. The summed E-state index contributed by atoms with van der Waals surface area (Å²) < 4.78 is 24.3. The van der Waals surface area contributed by atoms with Gasteiger partial charge >= 0.3 is 12.1 Å². The molecule has 1 amide bonds. The number of benzene rings is 1. The Kier molecular flexibility index (Phi) is 7.08. The van der Waals surface area contributed by atoms with Gasteiger partial charge in [0, 0.05) is 23.7 Å². The van der Waals surface area contributed by atoms with Crippen LogP contribution in [0.25, 0.3) is 17.2 Å². The number of cyclic esters (lactones) is 1. The summed E-state index contributed by atoms with van der Waals surface area (Å²) in [4.78, 5) is 29.2. The number of aromatic nitrogens is 1. The summed E-state index contributed by atoms with van der Waals surface area (Å²) in [7, 11) is 0. The summed E-state index contributed by atoms with van der Waals surface area (Å²) in [6.07, 6.45) is 9.07. The predicted molar refractivity (Wildman–Crippen MR) is 134 cm³/mol. The van der Waals surface area contributed by atoms with Crippen LogP contribution in [0.5, 0.6) is 0 Å². The molecule has 0 spiro atoms. The molecule has 0 bridgehead atoms. The van der Waals surface area contributed by atoms with Crippen LogP contribution in [0.3, 0.4) is 0 Å². The van der Waals surface area contributed by atoms with E-state index in [1.54, 1.807) is 19.2 Å².